The summed E-state index contributed by atoms with van der Waals surface area (Å²) in [7, 11) is 0. The fourth-order valence-electron chi connectivity index (χ4n) is 1.19. The molecule has 0 aliphatic carbocycles. The molecule has 1 atom stereocenters. The second-order valence-corrected chi connectivity index (χ2v) is 3.08. The molecule has 1 aliphatic rings. The SMILES string of the molecule is CC(C)=C1CN[C@H](C(=O)O)C1. The third-order valence-electron chi connectivity index (χ3n) is 2.02. The third-order valence-corrected chi connectivity index (χ3v) is 2.02. The third kappa shape index (κ3) is 1.80. The van der Waals surface area contributed by atoms with Crippen LogP contribution in [0.4, 0.5) is 0 Å². The van der Waals surface area contributed by atoms with Crippen LogP contribution in [-0.2, 0) is 4.79 Å². The minimum absolute atomic E-state index is 0.361. The van der Waals surface area contributed by atoms with Gasteiger partial charge < -0.3 is 10.4 Å². The summed E-state index contributed by atoms with van der Waals surface area (Å²) >= 11 is 0. The van der Waals surface area contributed by atoms with Crippen molar-refractivity contribution in [2.45, 2.75) is 26.3 Å². The highest BCUT2D eigenvalue weighted by Crippen LogP contribution is 2.16. The molecular formula is C8H13NO2. The summed E-state index contributed by atoms with van der Waals surface area (Å²) in [5, 5.41) is 11.6. The fourth-order valence-corrected chi connectivity index (χ4v) is 1.19. The van der Waals surface area contributed by atoms with Gasteiger partial charge in [-0.15, -0.1) is 0 Å². The van der Waals surface area contributed by atoms with Gasteiger partial charge in [0.25, 0.3) is 0 Å². The minimum atomic E-state index is -0.749. The summed E-state index contributed by atoms with van der Waals surface area (Å²) in [6.07, 6.45) is 0.664. The standard InChI is InChI=1S/C8H13NO2/c1-5(2)6-3-7(8(10)11)9-4-6/h7,9H,3-4H2,1-2H3,(H,10,11)/t7-/m0/s1. The Bertz CT molecular complexity index is 204. The largest absolute Gasteiger partial charge is 0.480 e. The van der Waals surface area contributed by atoms with Gasteiger partial charge in [-0.25, -0.2) is 0 Å². The first-order valence-electron chi connectivity index (χ1n) is 3.72. The zero-order valence-electron chi connectivity index (χ0n) is 6.85. The van der Waals surface area contributed by atoms with E-state index in [2.05, 4.69) is 5.32 Å². The van der Waals surface area contributed by atoms with Gasteiger partial charge in [-0.2, -0.15) is 0 Å². The number of carboxylic acids is 1. The minimum Gasteiger partial charge on any atom is -0.480 e. The van der Waals surface area contributed by atoms with E-state index < -0.39 is 5.97 Å². The summed E-state index contributed by atoms with van der Waals surface area (Å²) in [6.45, 7) is 4.77. The lowest BCUT2D eigenvalue weighted by molar-refractivity contribution is -0.138. The molecule has 11 heavy (non-hydrogen) atoms. The Morgan fingerprint density at radius 1 is 1.64 bits per heavy atom. The van der Waals surface area contributed by atoms with Crippen molar-refractivity contribution in [3.05, 3.63) is 11.1 Å². The van der Waals surface area contributed by atoms with Crippen molar-refractivity contribution in [1.82, 2.24) is 5.32 Å². The van der Waals surface area contributed by atoms with Gasteiger partial charge in [0.1, 0.15) is 6.04 Å². The summed E-state index contributed by atoms with van der Waals surface area (Å²) in [5.41, 5.74) is 2.47. The molecule has 0 saturated carbocycles. The highest BCUT2D eigenvalue weighted by molar-refractivity contribution is 5.74. The van der Waals surface area contributed by atoms with Gasteiger partial charge in [-0.3, -0.25) is 4.79 Å². The number of rotatable bonds is 1. The molecule has 0 spiro atoms. The average Bonchev–Trinajstić information content (AvgIpc) is 2.33. The normalized spacial score (nSPS) is 23.8. The predicted molar refractivity (Wildman–Crippen MR) is 42.4 cm³/mol. The van der Waals surface area contributed by atoms with Crippen LogP contribution >= 0.6 is 0 Å². The Hall–Kier alpha value is -0.830. The van der Waals surface area contributed by atoms with E-state index >= 15 is 0 Å². The maximum Gasteiger partial charge on any atom is 0.321 e. The fraction of sp³-hybridized carbons (Fsp3) is 0.625. The molecular weight excluding hydrogens is 142 g/mol. The zero-order chi connectivity index (χ0) is 8.43. The lowest BCUT2D eigenvalue weighted by atomic mass is 10.1. The number of hydrogen-bond donors (Lipinski definition) is 2. The molecule has 0 amide bonds. The summed E-state index contributed by atoms with van der Waals surface area (Å²) < 4.78 is 0. The molecule has 2 N–H and O–H groups in total. The van der Waals surface area contributed by atoms with E-state index in [1.165, 1.54) is 11.1 Å². The first kappa shape index (κ1) is 8.27. The van der Waals surface area contributed by atoms with Crippen molar-refractivity contribution >= 4 is 5.97 Å². The topological polar surface area (TPSA) is 49.3 Å². The van der Waals surface area contributed by atoms with Gasteiger partial charge in [0, 0.05) is 6.54 Å². The first-order valence-corrected chi connectivity index (χ1v) is 3.72. The van der Waals surface area contributed by atoms with E-state index in [0.29, 0.717) is 6.42 Å². The van der Waals surface area contributed by atoms with Gasteiger partial charge in [0.15, 0.2) is 0 Å². The van der Waals surface area contributed by atoms with E-state index in [1.807, 2.05) is 13.8 Å². The molecule has 0 aromatic heterocycles. The van der Waals surface area contributed by atoms with Gasteiger partial charge in [-0.1, -0.05) is 11.1 Å². The number of carbonyl (C=O) groups is 1. The second kappa shape index (κ2) is 3.05. The van der Waals surface area contributed by atoms with Gasteiger partial charge in [0.05, 0.1) is 0 Å². The number of allylic oxidation sites excluding steroid dienone is 1. The van der Waals surface area contributed by atoms with E-state index in [0.717, 1.165) is 6.54 Å². The Morgan fingerprint density at radius 3 is 2.55 bits per heavy atom. The van der Waals surface area contributed by atoms with Crippen LogP contribution in [0.1, 0.15) is 20.3 Å². The molecule has 1 aliphatic heterocycles. The number of aliphatic carboxylic acids is 1. The molecule has 3 heteroatoms. The Balaban J connectivity index is 2.61. The average molecular weight is 155 g/mol. The van der Waals surface area contributed by atoms with Crippen molar-refractivity contribution in [3.63, 3.8) is 0 Å². The van der Waals surface area contributed by atoms with Crippen LogP contribution < -0.4 is 5.32 Å². The summed E-state index contributed by atoms with van der Waals surface area (Å²) in [6, 6.07) is -0.361. The predicted octanol–water partition coefficient (Wildman–Crippen LogP) is 0.769. The molecule has 3 nitrogen and oxygen atoms in total. The van der Waals surface area contributed by atoms with Crippen LogP contribution in [0, 0.1) is 0 Å². The molecule has 0 unspecified atom stereocenters. The molecule has 1 fully saturated rings. The lowest BCUT2D eigenvalue weighted by Crippen LogP contribution is -2.29. The highest BCUT2D eigenvalue weighted by Gasteiger charge is 2.24. The highest BCUT2D eigenvalue weighted by atomic mass is 16.4. The van der Waals surface area contributed by atoms with Crippen molar-refractivity contribution < 1.29 is 9.90 Å². The maximum atomic E-state index is 10.5. The van der Waals surface area contributed by atoms with E-state index in [-0.39, 0.29) is 6.04 Å². The van der Waals surface area contributed by atoms with Crippen molar-refractivity contribution in [3.8, 4) is 0 Å². The molecule has 1 saturated heterocycles. The second-order valence-electron chi connectivity index (χ2n) is 3.08. The van der Waals surface area contributed by atoms with E-state index in [4.69, 9.17) is 5.11 Å². The number of hydrogen-bond acceptors (Lipinski definition) is 2. The van der Waals surface area contributed by atoms with Crippen LogP contribution in [0.2, 0.25) is 0 Å². The van der Waals surface area contributed by atoms with Crippen LogP contribution in [-0.4, -0.2) is 23.7 Å². The molecule has 0 bridgehead atoms. The zero-order valence-corrected chi connectivity index (χ0v) is 6.85. The number of carboxylic acid groups (broad SMARTS) is 1. The van der Waals surface area contributed by atoms with Crippen LogP contribution in [0.25, 0.3) is 0 Å². The lowest BCUT2D eigenvalue weighted by Gasteiger charge is -2.00. The van der Waals surface area contributed by atoms with Crippen molar-refractivity contribution in [2.24, 2.45) is 0 Å². The van der Waals surface area contributed by atoms with E-state index in [1.54, 1.807) is 0 Å². The molecule has 62 valence electrons. The molecule has 0 aromatic carbocycles. The summed E-state index contributed by atoms with van der Waals surface area (Å²) in [5.74, 6) is -0.749. The molecule has 0 aromatic rings. The van der Waals surface area contributed by atoms with Crippen molar-refractivity contribution in [1.29, 1.82) is 0 Å². The number of nitrogens with one attached hydrogen (secondary N) is 1. The van der Waals surface area contributed by atoms with Crippen LogP contribution in [0.3, 0.4) is 0 Å². The molecule has 1 heterocycles. The maximum absolute atomic E-state index is 10.5. The van der Waals surface area contributed by atoms with Gasteiger partial charge >= 0.3 is 5.97 Å². The Morgan fingerprint density at radius 2 is 2.27 bits per heavy atom. The van der Waals surface area contributed by atoms with Crippen LogP contribution in [0.15, 0.2) is 11.1 Å². The van der Waals surface area contributed by atoms with Crippen molar-refractivity contribution in [2.75, 3.05) is 6.54 Å². The Labute approximate surface area is 66.1 Å². The monoisotopic (exact) mass is 155 g/mol. The Kier molecular flexibility index (Phi) is 2.29. The molecule has 0 radical (unpaired) electrons. The quantitative estimate of drug-likeness (QED) is 0.550. The van der Waals surface area contributed by atoms with Gasteiger partial charge in [-0.05, 0) is 20.3 Å². The van der Waals surface area contributed by atoms with E-state index in [9.17, 15) is 4.79 Å². The summed E-state index contributed by atoms with van der Waals surface area (Å²) in [4.78, 5) is 10.5. The first-order chi connectivity index (χ1) is 5.11. The molecule has 1 rings (SSSR count). The van der Waals surface area contributed by atoms with Gasteiger partial charge in [0.2, 0.25) is 0 Å². The van der Waals surface area contributed by atoms with Crippen LogP contribution in [0.5, 0.6) is 0 Å². The smallest absolute Gasteiger partial charge is 0.321 e.